The molecule has 3 aromatic rings. The molecule has 0 atom stereocenters. The predicted molar refractivity (Wildman–Crippen MR) is 129 cm³/mol. The second-order valence-electron chi connectivity index (χ2n) is 7.48. The highest BCUT2D eigenvalue weighted by Crippen LogP contribution is 2.37. The molecule has 0 spiro atoms. The molecule has 0 amide bonds. The van der Waals surface area contributed by atoms with Crippen molar-refractivity contribution in [3.63, 3.8) is 0 Å². The van der Waals surface area contributed by atoms with Gasteiger partial charge in [0.1, 0.15) is 17.2 Å². The Hall–Kier alpha value is -4.05. The molecule has 0 aliphatic carbocycles. The standard InChI is InChI=1S/C25H25NO8S/c1-33-19-12-14-20(15-13-19)35(31,32)26(17-18-7-3-2-4-8-18)24-21(25(29)30)9-5-10-22(24)34-16-6-11-23(27)28/h2-5,7-10,12-15H,6,11,16-17H2,1H3,(H,27,28)(H,29,30). The van der Waals surface area contributed by atoms with E-state index in [0.29, 0.717) is 11.3 Å². The second kappa shape index (κ2) is 11.4. The summed E-state index contributed by atoms with van der Waals surface area (Å²) in [6.07, 6.45) is 0.0157. The summed E-state index contributed by atoms with van der Waals surface area (Å²) in [4.78, 5) is 22.9. The lowest BCUT2D eigenvalue weighted by molar-refractivity contribution is -0.137. The number of carboxylic acid groups (broad SMARTS) is 2. The van der Waals surface area contributed by atoms with E-state index in [-0.39, 0.29) is 47.9 Å². The van der Waals surface area contributed by atoms with Gasteiger partial charge in [-0.1, -0.05) is 36.4 Å². The highest BCUT2D eigenvalue weighted by atomic mass is 32.2. The fraction of sp³-hybridized carbons (Fsp3) is 0.200. The van der Waals surface area contributed by atoms with E-state index < -0.39 is 22.0 Å². The first-order valence-electron chi connectivity index (χ1n) is 10.7. The Morgan fingerprint density at radius 1 is 0.914 bits per heavy atom. The third-order valence-electron chi connectivity index (χ3n) is 5.09. The van der Waals surface area contributed by atoms with Gasteiger partial charge in [-0.3, -0.25) is 9.10 Å². The molecule has 2 N–H and O–H groups in total. The van der Waals surface area contributed by atoms with Crippen LogP contribution in [0, 0.1) is 0 Å². The zero-order valence-corrected chi connectivity index (χ0v) is 19.8. The predicted octanol–water partition coefficient (Wildman–Crippen LogP) is 4.03. The fourth-order valence-corrected chi connectivity index (χ4v) is 4.86. The van der Waals surface area contributed by atoms with E-state index in [1.165, 1.54) is 49.6 Å². The maximum Gasteiger partial charge on any atom is 0.337 e. The summed E-state index contributed by atoms with van der Waals surface area (Å²) in [6, 6.07) is 18.7. The molecule has 3 rings (SSSR count). The quantitative estimate of drug-likeness (QED) is 0.357. The molecular formula is C25H25NO8S. The number of para-hydroxylation sites is 1. The van der Waals surface area contributed by atoms with Gasteiger partial charge in [0.2, 0.25) is 0 Å². The van der Waals surface area contributed by atoms with Crippen LogP contribution in [0.1, 0.15) is 28.8 Å². The average Bonchev–Trinajstić information content (AvgIpc) is 2.85. The number of aliphatic carboxylic acids is 1. The largest absolute Gasteiger partial charge is 0.497 e. The van der Waals surface area contributed by atoms with E-state index in [0.717, 1.165) is 4.31 Å². The van der Waals surface area contributed by atoms with Crippen molar-refractivity contribution >= 4 is 27.6 Å². The van der Waals surface area contributed by atoms with Crippen molar-refractivity contribution in [3.8, 4) is 11.5 Å². The minimum Gasteiger partial charge on any atom is -0.497 e. The zero-order chi connectivity index (χ0) is 25.4. The van der Waals surface area contributed by atoms with E-state index in [2.05, 4.69) is 0 Å². The van der Waals surface area contributed by atoms with E-state index in [1.807, 2.05) is 0 Å². The molecule has 35 heavy (non-hydrogen) atoms. The van der Waals surface area contributed by atoms with Crippen LogP contribution in [0.3, 0.4) is 0 Å². The molecule has 0 aliphatic heterocycles. The van der Waals surface area contributed by atoms with Gasteiger partial charge in [-0.2, -0.15) is 0 Å². The van der Waals surface area contributed by atoms with Gasteiger partial charge in [-0.05, 0) is 48.4 Å². The highest BCUT2D eigenvalue weighted by Gasteiger charge is 2.31. The SMILES string of the molecule is COc1ccc(S(=O)(=O)N(Cc2ccccc2)c2c(OCCCC(=O)O)cccc2C(=O)O)cc1. The van der Waals surface area contributed by atoms with Crippen LogP contribution in [-0.2, 0) is 21.4 Å². The van der Waals surface area contributed by atoms with Crippen molar-refractivity contribution in [2.45, 2.75) is 24.3 Å². The van der Waals surface area contributed by atoms with Crippen LogP contribution in [0.15, 0.2) is 77.7 Å². The Labute approximate surface area is 203 Å². The van der Waals surface area contributed by atoms with Gasteiger partial charge in [-0.25, -0.2) is 13.2 Å². The summed E-state index contributed by atoms with van der Waals surface area (Å²) < 4.78 is 39.5. The minimum absolute atomic E-state index is 0.0170. The Bertz CT molecular complexity index is 1270. The van der Waals surface area contributed by atoms with E-state index in [4.69, 9.17) is 14.6 Å². The van der Waals surface area contributed by atoms with Crippen LogP contribution in [0.4, 0.5) is 5.69 Å². The molecule has 0 saturated carbocycles. The average molecular weight is 500 g/mol. The molecule has 3 aromatic carbocycles. The number of sulfonamides is 1. The Morgan fingerprint density at radius 2 is 1.60 bits per heavy atom. The number of benzene rings is 3. The maximum atomic E-state index is 13.8. The van der Waals surface area contributed by atoms with Crippen molar-refractivity contribution < 1.29 is 37.7 Å². The van der Waals surface area contributed by atoms with Crippen LogP contribution in [0.2, 0.25) is 0 Å². The summed E-state index contributed by atoms with van der Waals surface area (Å²) in [5.41, 5.74) is 0.213. The molecule has 0 radical (unpaired) electrons. The van der Waals surface area contributed by atoms with Crippen molar-refractivity contribution in [2.75, 3.05) is 18.0 Å². The Morgan fingerprint density at radius 3 is 2.20 bits per heavy atom. The van der Waals surface area contributed by atoms with Crippen molar-refractivity contribution in [3.05, 3.63) is 83.9 Å². The maximum absolute atomic E-state index is 13.8. The second-order valence-corrected chi connectivity index (χ2v) is 9.34. The van der Waals surface area contributed by atoms with Gasteiger partial charge in [0.05, 0.1) is 30.7 Å². The lowest BCUT2D eigenvalue weighted by Gasteiger charge is -2.28. The molecule has 0 fully saturated rings. The molecule has 0 aliphatic rings. The number of methoxy groups -OCH3 is 1. The number of carbonyl (C=O) groups is 2. The molecule has 0 aromatic heterocycles. The van der Waals surface area contributed by atoms with Gasteiger partial charge in [0.25, 0.3) is 10.0 Å². The lowest BCUT2D eigenvalue weighted by Crippen LogP contribution is -2.32. The molecule has 9 nitrogen and oxygen atoms in total. The number of hydrogen-bond acceptors (Lipinski definition) is 6. The molecular weight excluding hydrogens is 474 g/mol. The first kappa shape index (κ1) is 25.6. The van der Waals surface area contributed by atoms with E-state index in [9.17, 15) is 23.1 Å². The van der Waals surface area contributed by atoms with E-state index >= 15 is 0 Å². The first-order valence-corrected chi connectivity index (χ1v) is 12.1. The molecule has 10 heteroatoms. The van der Waals surface area contributed by atoms with Gasteiger partial charge in [0, 0.05) is 6.42 Å². The highest BCUT2D eigenvalue weighted by molar-refractivity contribution is 7.92. The molecule has 0 heterocycles. The van der Waals surface area contributed by atoms with Crippen molar-refractivity contribution in [1.29, 1.82) is 0 Å². The molecule has 0 unspecified atom stereocenters. The molecule has 0 bridgehead atoms. The summed E-state index contributed by atoms with van der Waals surface area (Å²) >= 11 is 0. The monoisotopic (exact) mass is 499 g/mol. The summed E-state index contributed by atoms with van der Waals surface area (Å²) in [7, 11) is -2.80. The third-order valence-corrected chi connectivity index (χ3v) is 6.85. The number of rotatable bonds is 12. The summed E-state index contributed by atoms with van der Waals surface area (Å²) in [5, 5.41) is 18.8. The number of nitrogens with zero attached hydrogens (tertiary/aromatic N) is 1. The summed E-state index contributed by atoms with van der Waals surface area (Å²) in [6.45, 7) is -0.199. The van der Waals surface area contributed by atoms with Gasteiger partial charge in [0.15, 0.2) is 0 Å². The van der Waals surface area contributed by atoms with Crippen molar-refractivity contribution in [1.82, 2.24) is 0 Å². The van der Waals surface area contributed by atoms with Crippen LogP contribution < -0.4 is 13.8 Å². The van der Waals surface area contributed by atoms with E-state index in [1.54, 1.807) is 30.3 Å². The van der Waals surface area contributed by atoms with Crippen LogP contribution >= 0.6 is 0 Å². The number of anilines is 1. The van der Waals surface area contributed by atoms with Crippen molar-refractivity contribution in [2.24, 2.45) is 0 Å². The number of hydrogen-bond donors (Lipinski definition) is 2. The third kappa shape index (κ3) is 6.30. The Balaban J connectivity index is 2.14. The smallest absolute Gasteiger partial charge is 0.337 e. The number of aromatic carboxylic acids is 1. The lowest BCUT2D eigenvalue weighted by atomic mass is 10.1. The van der Waals surface area contributed by atoms with Crippen LogP contribution in [0.25, 0.3) is 0 Å². The van der Waals surface area contributed by atoms with Crippen LogP contribution in [-0.4, -0.2) is 44.3 Å². The number of ether oxygens (including phenoxy) is 2. The van der Waals surface area contributed by atoms with Crippen LogP contribution in [0.5, 0.6) is 11.5 Å². The zero-order valence-electron chi connectivity index (χ0n) is 19.0. The topological polar surface area (TPSA) is 130 Å². The number of carboxylic acids is 2. The van der Waals surface area contributed by atoms with Gasteiger partial charge < -0.3 is 19.7 Å². The first-order chi connectivity index (χ1) is 16.7. The minimum atomic E-state index is -4.26. The summed E-state index contributed by atoms with van der Waals surface area (Å²) in [5.74, 6) is -1.85. The molecule has 184 valence electrons. The van der Waals surface area contributed by atoms with Gasteiger partial charge in [-0.15, -0.1) is 0 Å². The Kier molecular flexibility index (Phi) is 8.32. The fourth-order valence-electron chi connectivity index (χ4n) is 3.38. The van der Waals surface area contributed by atoms with Gasteiger partial charge >= 0.3 is 11.9 Å². The molecule has 0 saturated heterocycles. The normalized spacial score (nSPS) is 11.0.